The minimum absolute atomic E-state index is 0.0995. The number of fused-ring (bicyclic) bond motifs is 1. The molecule has 0 atom stereocenters. The summed E-state index contributed by atoms with van der Waals surface area (Å²) in [4.78, 5) is 21.4. The minimum Gasteiger partial charge on any atom is -0.484 e. The van der Waals surface area contributed by atoms with Crippen molar-refractivity contribution >= 4 is 32.6 Å². The van der Waals surface area contributed by atoms with E-state index in [2.05, 4.69) is 37.6 Å². The Morgan fingerprint density at radius 1 is 1.10 bits per heavy atom. The van der Waals surface area contributed by atoms with Crippen LogP contribution in [0.3, 0.4) is 0 Å². The van der Waals surface area contributed by atoms with Crippen molar-refractivity contribution in [1.82, 2.24) is 9.88 Å². The van der Waals surface area contributed by atoms with Gasteiger partial charge in [0.2, 0.25) is 0 Å². The molecule has 1 aromatic heterocycles. The summed E-state index contributed by atoms with van der Waals surface area (Å²) in [6.45, 7) is 11.3. The molecule has 3 aromatic rings. The van der Waals surface area contributed by atoms with Crippen LogP contribution >= 0.6 is 11.3 Å². The van der Waals surface area contributed by atoms with Crippen molar-refractivity contribution in [2.24, 2.45) is 0 Å². The molecule has 0 aliphatic heterocycles. The molecule has 0 saturated heterocycles. The molecule has 0 unspecified atom stereocenters. The van der Waals surface area contributed by atoms with Gasteiger partial charge in [-0.3, -0.25) is 9.69 Å². The smallest absolute Gasteiger partial charge is 0.266 e. The summed E-state index contributed by atoms with van der Waals surface area (Å²) in [5.74, 6) is 0.514. The second-order valence-electron chi connectivity index (χ2n) is 7.67. The molecule has 0 spiro atoms. The van der Waals surface area contributed by atoms with Gasteiger partial charge in [-0.2, -0.15) is 0 Å². The highest BCUT2D eigenvalue weighted by atomic mass is 32.1. The largest absolute Gasteiger partial charge is 0.484 e. The molecule has 0 fully saturated rings. The number of thiazole rings is 1. The van der Waals surface area contributed by atoms with Crippen molar-refractivity contribution in [2.75, 3.05) is 37.7 Å². The van der Waals surface area contributed by atoms with E-state index in [0.717, 1.165) is 17.8 Å². The van der Waals surface area contributed by atoms with Crippen molar-refractivity contribution in [3.8, 4) is 5.75 Å². The van der Waals surface area contributed by atoms with Crippen molar-refractivity contribution in [3.63, 3.8) is 0 Å². The maximum absolute atomic E-state index is 14.2. The van der Waals surface area contributed by atoms with Crippen LogP contribution in [0.4, 0.5) is 9.52 Å². The Morgan fingerprint density at radius 3 is 2.42 bits per heavy atom. The number of hydrogen-bond donors (Lipinski definition) is 0. The molecule has 1 heterocycles. The standard InChI is InChI=1S/C24H30FN3O2S/c1-5-27(6-2)14-15-28(24-26-23-20(25)8-7-9-21(23)31-24)22(29)16-30-19-12-10-18(11-13-19)17(3)4/h7-13,17H,5-6,14-16H2,1-4H3. The average Bonchev–Trinajstić information content (AvgIpc) is 3.21. The third-order valence-corrected chi connectivity index (χ3v) is 6.38. The van der Waals surface area contributed by atoms with Crippen LogP contribution < -0.4 is 9.64 Å². The second-order valence-corrected chi connectivity index (χ2v) is 8.68. The summed E-state index contributed by atoms with van der Waals surface area (Å²) in [5, 5.41) is 0.496. The van der Waals surface area contributed by atoms with Gasteiger partial charge in [-0.1, -0.05) is 57.2 Å². The normalized spacial score (nSPS) is 11.5. The summed E-state index contributed by atoms with van der Waals surface area (Å²) in [6, 6.07) is 12.7. The van der Waals surface area contributed by atoms with Crippen LogP contribution in [-0.4, -0.2) is 48.6 Å². The number of rotatable bonds is 10. The maximum Gasteiger partial charge on any atom is 0.266 e. The van der Waals surface area contributed by atoms with Gasteiger partial charge in [-0.05, 0) is 48.8 Å². The van der Waals surface area contributed by atoms with E-state index in [9.17, 15) is 9.18 Å². The summed E-state index contributed by atoms with van der Waals surface area (Å²) in [7, 11) is 0. The van der Waals surface area contributed by atoms with Crippen LogP contribution in [0.1, 0.15) is 39.2 Å². The number of amides is 1. The molecule has 0 radical (unpaired) electrons. The Balaban J connectivity index is 1.77. The van der Waals surface area contributed by atoms with Gasteiger partial charge in [0.05, 0.1) is 4.70 Å². The lowest BCUT2D eigenvalue weighted by Crippen LogP contribution is -2.41. The Morgan fingerprint density at radius 2 is 1.81 bits per heavy atom. The molecule has 0 saturated carbocycles. The number of carbonyl (C=O) groups excluding carboxylic acids is 1. The monoisotopic (exact) mass is 443 g/mol. The van der Waals surface area contributed by atoms with Gasteiger partial charge in [0.1, 0.15) is 17.1 Å². The molecule has 0 N–H and O–H groups in total. The summed E-state index contributed by atoms with van der Waals surface area (Å²) >= 11 is 1.32. The first kappa shape index (κ1) is 23.2. The van der Waals surface area contributed by atoms with Crippen LogP contribution in [0.2, 0.25) is 0 Å². The summed E-state index contributed by atoms with van der Waals surface area (Å²) in [6.07, 6.45) is 0. The number of nitrogens with zero attached hydrogens (tertiary/aromatic N) is 3. The topological polar surface area (TPSA) is 45.7 Å². The lowest BCUT2D eigenvalue weighted by molar-refractivity contribution is -0.120. The van der Waals surface area contributed by atoms with Crippen LogP contribution in [0.25, 0.3) is 10.2 Å². The summed E-state index contributed by atoms with van der Waals surface area (Å²) < 4.78 is 20.6. The molecular formula is C24H30FN3O2S. The zero-order chi connectivity index (χ0) is 22.4. The van der Waals surface area contributed by atoms with E-state index in [1.165, 1.54) is 23.0 Å². The molecule has 0 aliphatic carbocycles. The zero-order valence-electron chi connectivity index (χ0n) is 18.6. The molecule has 166 valence electrons. The first-order valence-corrected chi connectivity index (χ1v) is 11.5. The maximum atomic E-state index is 14.2. The van der Waals surface area contributed by atoms with E-state index in [-0.39, 0.29) is 18.3 Å². The van der Waals surface area contributed by atoms with Crippen molar-refractivity contribution in [3.05, 3.63) is 53.8 Å². The van der Waals surface area contributed by atoms with Crippen molar-refractivity contribution in [2.45, 2.75) is 33.6 Å². The lowest BCUT2D eigenvalue weighted by Gasteiger charge is -2.24. The predicted molar refractivity (Wildman–Crippen MR) is 126 cm³/mol. The van der Waals surface area contributed by atoms with Gasteiger partial charge in [0.25, 0.3) is 5.91 Å². The molecule has 5 nitrogen and oxygen atoms in total. The number of benzene rings is 2. The number of halogens is 1. The van der Waals surface area contributed by atoms with Gasteiger partial charge in [-0.25, -0.2) is 9.37 Å². The fourth-order valence-electron chi connectivity index (χ4n) is 3.30. The second kappa shape index (κ2) is 10.7. The van der Waals surface area contributed by atoms with Crippen molar-refractivity contribution in [1.29, 1.82) is 0 Å². The Kier molecular flexibility index (Phi) is 7.98. The molecule has 7 heteroatoms. The van der Waals surface area contributed by atoms with Crippen LogP contribution in [0.5, 0.6) is 5.75 Å². The van der Waals surface area contributed by atoms with Crippen LogP contribution in [0.15, 0.2) is 42.5 Å². The van der Waals surface area contributed by atoms with Crippen LogP contribution in [-0.2, 0) is 4.79 Å². The fraction of sp³-hybridized carbons (Fsp3) is 0.417. The van der Waals surface area contributed by atoms with E-state index >= 15 is 0 Å². The Bertz CT molecular complexity index is 1000. The van der Waals surface area contributed by atoms with E-state index in [1.54, 1.807) is 11.0 Å². The van der Waals surface area contributed by atoms with Gasteiger partial charge in [0, 0.05) is 13.1 Å². The number of aromatic nitrogens is 1. The van der Waals surface area contributed by atoms with E-state index in [0.29, 0.717) is 35.4 Å². The SMILES string of the molecule is CCN(CC)CCN(C(=O)COc1ccc(C(C)C)cc1)c1nc2c(F)cccc2s1. The third kappa shape index (κ3) is 5.80. The number of carbonyl (C=O) groups is 1. The third-order valence-electron chi connectivity index (χ3n) is 5.33. The molecular weight excluding hydrogens is 413 g/mol. The van der Waals surface area contributed by atoms with Gasteiger partial charge in [-0.15, -0.1) is 0 Å². The highest BCUT2D eigenvalue weighted by Crippen LogP contribution is 2.30. The highest BCUT2D eigenvalue weighted by Gasteiger charge is 2.22. The molecule has 0 bridgehead atoms. The van der Waals surface area contributed by atoms with Gasteiger partial charge in [0.15, 0.2) is 11.7 Å². The fourth-order valence-corrected chi connectivity index (χ4v) is 4.32. The predicted octanol–water partition coefficient (Wildman–Crippen LogP) is 5.31. The number of para-hydroxylation sites is 1. The zero-order valence-corrected chi connectivity index (χ0v) is 19.4. The Labute approximate surface area is 187 Å². The lowest BCUT2D eigenvalue weighted by atomic mass is 10.0. The van der Waals surface area contributed by atoms with Crippen LogP contribution in [0, 0.1) is 5.82 Å². The molecule has 1 amide bonds. The number of anilines is 1. The average molecular weight is 444 g/mol. The van der Waals surface area contributed by atoms with Crippen molar-refractivity contribution < 1.29 is 13.9 Å². The molecule has 0 aliphatic rings. The summed E-state index contributed by atoms with van der Waals surface area (Å²) in [5.41, 5.74) is 1.52. The quantitative estimate of drug-likeness (QED) is 0.426. The van der Waals surface area contributed by atoms with E-state index in [4.69, 9.17) is 4.74 Å². The molecule has 31 heavy (non-hydrogen) atoms. The molecule has 2 aromatic carbocycles. The minimum atomic E-state index is -0.377. The number of ether oxygens (including phenoxy) is 1. The molecule has 3 rings (SSSR count). The van der Waals surface area contributed by atoms with Gasteiger partial charge < -0.3 is 9.64 Å². The first-order valence-electron chi connectivity index (χ1n) is 10.7. The number of hydrogen-bond acceptors (Lipinski definition) is 5. The highest BCUT2D eigenvalue weighted by molar-refractivity contribution is 7.22. The van der Waals surface area contributed by atoms with E-state index in [1.807, 2.05) is 30.3 Å². The van der Waals surface area contributed by atoms with E-state index < -0.39 is 0 Å². The van der Waals surface area contributed by atoms with Gasteiger partial charge >= 0.3 is 0 Å². The number of likely N-dealkylation sites (N-methyl/N-ethyl adjacent to an activating group) is 1. The Hall–Kier alpha value is -2.51. The first-order chi connectivity index (χ1) is 14.9.